The first-order valence-corrected chi connectivity index (χ1v) is 6.51. The Morgan fingerprint density at radius 3 is 2.28 bits per heavy atom. The number of likely N-dealkylation sites (N-methyl/N-ethyl adjacent to an activating group) is 1. The van der Waals surface area contributed by atoms with Crippen molar-refractivity contribution in [2.24, 2.45) is 5.73 Å². The van der Waals surface area contributed by atoms with Crippen LogP contribution in [0.4, 0.5) is 0 Å². The second kappa shape index (κ2) is 5.87. The van der Waals surface area contributed by atoms with Crippen molar-refractivity contribution in [1.82, 2.24) is 4.90 Å². The van der Waals surface area contributed by atoms with E-state index in [1.807, 2.05) is 45.3 Å². The molecule has 0 spiro atoms. The minimum Gasteiger partial charge on any atom is -0.320 e. The van der Waals surface area contributed by atoms with Crippen LogP contribution in [0.1, 0.15) is 25.8 Å². The predicted molar refractivity (Wildman–Crippen MR) is 79.9 cm³/mol. The van der Waals surface area contributed by atoms with Gasteiger partial charge in [-0.25, -0.2) is 0 Å². The second-order valence-electron chi connectivity index (χ2n) is 5.32. The van der Waals surface area contributed by atoms with Crippen LogP contribution in [-0.2, 0) is 5.54 Å². The van der Waals surface area contributed by atoms with Crippen molar-refractivity contribution in [1.29, 1.82) is 0 Å². The lowest BCUT2D eigenvalue weighted by Crippen LogP contribution is -2.52. The zero-order valence-electron chi connectivity index (χ0n) is 11.7. The fraction of sp³-hybridized carbons (Fsp3) is 0.467. The van der Waals surface area contributed by atoms with Gasteiger partial charge in [0.1, 0.15) is 0 Å². The highest BCUT2D eigenvalue weighted by Crippen LogP contribution is 2.31. The number of nitrogens with two attached hydrogens (primary N) is 1. The topological polar surface area (TPSA) is 29.3 Å². The standard InChI is InChI=1S/C15H23ClN2/c1-11(2)10-15(17,12(3)18(4)5)13-6-8-14(16)9-7-13/h6-9,12H,1,10,17H2,2-5H3. The van der Waals surface area contributed by atoms with Gasteiger partial charge in [0.2, 0.25) is 0 Å². The van der Waals surface area contributed by atoms with Gasteiger partial charge in [0.05, 0.1) is 5.54 Å². The Kier molecular flexibility index (Phi) is 4.97. The monoisotopic (exact) mass is 266 g/mol. The fourth-order valence-corrected chi connectivity index (χ4v) is 2.34. The summed E-state index contributed by atoms with van der Waals surface area (Å²) in [6.45, 7) is 8.15. The molecule has 0 heterocycles. The van der Waals surface area contributed by atoms with Gasteiger partial charge in [-0.2, -0.15) is 0 Å². The molecule has 2 atom stereocenters. The lowest BCUT2D eigenvalue weighted by molar-refractivity contribution is 0.190. The van der Waals surface area contributed by atoms with Gasteiger partial charge < -0.3 is 10.6 Å². The van der Waals surface area contributed by atoms with Crippen LogP contribution in [-0.4, -0.2) is 25.0 Å². The van der Waals surface area contributed by atoms with Gasteiger partial charge in [-0.05, 0) is 52.1 Å². The van der Waals surface area contributed by atoms with Crippen molar-refractivity contribution >= 4 is 11.6 Å². The van der Waals surface area contributed by atoms with Gasteiger partial charge in [0, 0.05) is 11.1 Å². The maximum absolute atomic E-state index is 6.67. The van der Waals surface area contributed by atoms with Crippen LogP contribution in [0.2, 0.25) is 5.02 Å². The second-order valence-corrected chi connectivity index (χ2v) is 5.76. The zero-order chi connectivity index (χ0) is 13.9. The van der Waals surface area contributed by atoms with Crippen molar-refractivity contribution in [2.75, 3.05) is 14.1 Å². The lowest BCUT2D eigenvalue weighted by atomic mass is 9.79. The van der Waals surface area contributed by atoms with E-state index >= 15 is 0 Å². The van der Waals surface area contributed by atoms with E-state index in [9.17, 15) is 0 Å². The molecule has 0 amide bonds. The first-order valence-electron chi connectivity index (χ1n) is 6.13. The quantitative estimate of drug-likeness (QED) is 0.828. The van der Waals surface area contributed by atoms with Crippen molar-refractivity contribution in [3.05, 3.63) is 47.0 Å². The molecule has 0 radical (unpaired) electrons. The third-order valence-electron chi connectivity index (χ3n) is 3.50. The minimum atomic E-state index is -0.445. The molecule has 0 aromatic heterocycles. The van der Waals surface area contributed by atoms with Gasteiger partial charge in [-0.15, -0.1) is 6.58 Å². The number of rotatable bonds is 5. The first kappa shape index (κ1) is 15.2. The van der Waals surface area contributed by atoms with E-state index in [0.29, 0.717) is 0 Å². The number of nitrogens with zero attached hydrogens (tertiary/aromatic N) is 1. The Morgan fingerprint density at radius 1 is 1.39 bits per heavy atom. The molecule has 0 saturated heterocycles. The van der Waals surface area contributed by atoms with E-state index in [0.717, 1.165) is 22.6 Å². The smallest absolute Gasteiger partial charge is 0.0601 e. The molecule has 2 N–H and O–H groups in total. The molecule has 2 unspecified atom stereocenters. The van der Waals surface area contributed by atoms with Gasteiger partial charge in [0.15, 0.2) is 0 Å². The van der Waals surface area contributed by atoms with E-state index in [2.05, 4.69) is 18.4 Å². The molecule has 0 bridgehead atoms. The highest BCUT2D eigenvalue weighted by molar-refractivity contribution is 6.30. The van der Waals surface area contributed by atoms with E-state index < -0.39 is 5.54 Å². The maximum Gasteiger partial charge on any atom is 0.0601 e. The molecular weight excluding hydrogens is 244 g/mol. The van der Waals surface area contributed by atoms with Crippen molar-refractivity contribution in [3.63, 3.8) is 0 Å². The van der Waals surface area contributed by atoms with Gasteiger partial charge in [-0.1, -0.05) is 29.3 Å². The molecule has 0 aliphatic rings. The summed E-state index contributed by atoms with van der Waals surface area (Å²) >= 11 is 5.94. The summed E-state index contributed by atoms with van der Waals surface area (Å²) in [7, 11) is 4.08. The molecule has 2 nitrogen and oxygen atoms in total. The molecule has 100 valence electrons. The summed E-state index contributed by atoms with van der Waals surface area (Å²) in [5, 5.41) is 0.730. The Hall–Kier alpha value is -0.830. The molecule has 0 fully saturated rings. The Balaban J connectivity index is 3.19. The van der Waals surface area contributed by atoms with Crippen LogP contribution < -0.4 is 5.73 Å². The largest absolute Gasteiger partial charge is 0.320 e. The van der Waals surface area contributed by atoms with E-state index in [1.54, 1.807) is 0 Å². The van der Waals surface area contributed by atoms with E-state index in [-0.39, 0.29) is 6.04 Å². The molecule has 1 rings (SSSR count). The molecule has 0 aliphatic heterocycles. The highest BCUT2D eigenvalue weighted by atomic mass is 35.5. The summed E-state index contributed by atoms with van der Waals surface area (Å²) in [5.74, 6) is 0. The minimum absolute atomic E-state index is 0.204. The van der Waals surface area contributed by atoms with E-state index in [1.165, 1.54) is 0 Å². The molecule has 0 aliphatic carbocycles. The van der Waals surface area contributed by atoms with Gasteiger partial charge in [0.25, 0.3) is 0 Å². The number of hydrogen-bond donors (Lipinski definition) is 1. The Bertz CT molecular complexity index is 411. The normalized spacial score (nSPS) is 16.4. The average molecular weight is 267 g/mol. The highest BCUT2D eigenvalue weighted by Gasteiger charge is 2.35. The lowest BCUT2D eigenvalue weighted by Gasteiger charge is -2.40. The number of hydrogen-bond acceptors (Lipinski definition) is 2. The molecular formula is C15H23ClN2. The van der Waals surface area contributed by atoms with Gasteiger partial charge >= 0.3 is 0 Å². The average Bonchev–Trinajstić information content (AvgIpc) is 2.27. The summed E-state index contributed by atoms with van der Waals surface area (Å²) in [4.78, 5) is 2.14. The fourth-order valence-electron chi connectivity index (χ4n) is 2.21. The first-order chi connectivity index (χ1) is 8.27. The van der Waals surface area contributed by atoms with Crippen LogP contribution >= 0.6 is 11.6 Å². The zero-order valence-corrected chi connectivity index (χ0v) is 12.5. The van der Waals surface area contributed by atoms with Crippen LogP contribution in [0.5, 0.6) is 0 Å². The summed E-state index contributed by atoms with van der Waals surface area (Å²) in [5.41, 5.74) is 8.40. The van der Waals surface area contributed by atoms with E-state index in [4.69, 9.17) is 17.3 Å². The predicted octanol–water partition coefficient (Wildman–Crippen LogP) is 3.41. The number of halogens is 1. The van der Waals surface area contributed by atoms with Crippen LogP contribution in [0.25, 0.3) is 0 Å². The third-order valence-corrected chi connectivity index (χ3v) is 3.75. The van der Waals surface area contributed by atoms with Crippen LogP contribution in [0.3, 0.4) is 0 Å². The Morgan fingerprint density at radius 2 is 1.89 bits per heavy atom. The van der Waals surface area contributed by atoms with Crippen molar-refractivity contribution in [3.8, 4) is 0 Å². The van der Waals surface area contributed by atoms with Gasteiger partial charge in [-0.3, -0.25) is 0 Å². The summed E-state index contributed by atoms with van der Waals surface area (Å²) in [6.07, 6.45) is 0.758. The molecule has 1 aromatic carbocycles. The van der Waals surface area contributed by atoms with Crippen LogP contribution in [0, 0.1) is 0 Å². The summed E-state index contributed by atoms with van der Waals surface area (Å²) in [6, 6.07) is 7.99. The van der Waals surface area contributed by atoms with Crippen molar-refractivity contribution in [2.45, 2.75) is 31.8 Å². The third kappa shape index (κ3) is 3.35. The SMILES string of the molecule is C=C(C)CC(N)(c1ccc(Cl)cc1)C(C)N(C)C. The molecule has 0 saturated carbocycles. The maximum atomic E-state index is 6.67. The number of benzene rings is 1. The van der Waals surface area contributed by atoms with Crippen LogP contribution in [0.15, 0.2) is 36.4 Å². The molecule has 3 heteroatoms. The Labute approximate surface area is 115 Å². The molecule has 18 heavy (non-hydrogen) atoms. The summed E-state index contributed by atoms with van der Waals surface area (Å²) < 4.78 is 0. The molecule has 1 aromatic rings. The van der Waals surface area contributed by atoms with Crippen molar-refractivity contribution < 1.29 is 0 Å².